The van der Waals surface area contributed by atoms with E-state index in [0.29, 0.717) is 6.54 Å². The Bertz CT molecular complexity index is 1310. The summed E-state index contributed by atoms with van der Waals surface area (Å²) in [7, 11) is 0. The molecule has 4 rings (SSSR count). The monoisotopic (exact) mass is 524 g/mol. The molecule has 7 heteroatoms. The number of hydrogen-bond donors (Lipinski definition) is 1. The van der Waals surface area contributed by atoms with Gasteiger partial charge in [0, 0.05) is 32.0 Å². The number of pyridine rings is 2. The topological polar surface area (TPSA) is 84.4 Å². The van der Waals surface area contributed by atoms with Crippen LogP contribution in [0.1, 0.15) is 40.6 Å². The normalized spacial score (nSPS) is 10.2. The first-order valence-corrected chi connectivity index (χ1v) is 13.0. The molecule has 0 fully saturated rings. The molecule has 0 aliphatic rings. The van der Waals surface area contributed by atoms with E-state index in [0.717, 1.165) is 35.6 Å². The van der Waals surface area contributed by atoms with Gasteiger partial charge in [0.2, 0.25) is 0 Å². The minimum Gasteiger partial charge on any atom is -0.459 e. The Labute approximate surface area is 230 Å². The van der Waals surface area contributed by atoms with Crippen molar-refractivity contribution in [2.75, 3.05) is 6.61 Å². The molecule has 0 saturated carbocycles. The molecule has 0 aliphatic heterocycles. The first-order valence-electron chi connectivity index (χ1n) is 13.0. The molecule has 0 saturated heterocycles. The fourth-order valence-corrected chi connectivity index (χ4v) is 3.84. The number of esters is 1. The maximum Gasteiger partial charge on any atom is 0.397 e. The minimum atomic E-state index is -0.836. The van der Waals surface area contributed by atoms with Gasteiger partial charge in [-0.05, 0) is 67.3 Å². The predicted molar refractivity (Wildman–Crippen MR) is 152 cm³/mol. The van der Waals surface area contributed by atoms with Crippen LogP contribution < -0.4 is 5.32 Å². The Balaban J connectivity index is 0.000000230. The van der Waals surface area contributed by atoms with Gasteiger partial charge >= 0.3 is 11.9 Å². The van der Waals surface area contributed by atoms with E-state index in [1.54, 1.807) is 13.1 Å². The summed E-state index contributed by atoms with van der Waals surface area (Å²) in [6, 6.07) is 27.7. The van der Waals surface area contributed by atoms with Crippen LogP contribution in [0.15, 0.2) is 97.3 Å². The van der Waals surface area contributed by atoms with E-state index in [1.807, 2.05) is 73.8 Å². The van der Waals surface area contributed by atoms with Gasteiger partial charge in [0.05, 0.1) is 24.5 Å². The van der Waals surface area contributed by atoms with Crippen molar-refractivity contribution in [3.8, 4) is 0 Å². The molecule has 1 N–H and O–H groups in total. The van der Waals surface area contributed by atoms with Gasteiger partial charge in [-0.3, -0.25) is 14.8 Å². The number of ether oxygens (including phenoxy) is 1. The molecular formula is C32H36N4O3. The van der Waals surface area contributed by atoms with Gasteiger partial charge in [0.15, 0.2) is 0 Å². The molecule has 0 atom stereocenters. The molecular weight excluding hydrogens is 488 g/mol. The van der Waals surface area contributed by atoms with E-state index in [2.05, 4.69) is 46.5 Å². The molecule has 2 heterocycles. The molecule has 7 nitrogen and oxygen atoms in total. The SMILES string of the molecule is CCOC(=O)C(=O)N(Cc1ccccn1)Cc1ccccc1C.Cc1ccccc1CNCc1ccccn1. The molecule has 39 heavy (non-hydrogen) atoms. The molecule has 0 radical (unpaired) electrons. The third-order valence-corrected chi connectivity index (χ3v) is 6.05. The van der Waals surface area contributed by atoms with Crippen molar-refractivity contribution in [2.24, 2.45) is 0 Å². The first-order chi connectivity index (χ1) is 19.0. The zero-order valence-corrected chi connectivity index (χ0v) is 22.8. The fraction of sp³-hybridized carbons (Fsp3) is 0.250. The smallest absolute Gasteiger partial charge is 0.397 e. The Hall–Kier alpha value is -4.36. The van der Waals surface area contributed by atoms with Gasteiger partial charge in [-0.1, -0.05) is 60.7 Å². The van der Waals surface area contributed by atoms with Crippen molar-refractivity contribution >= 4 is 11.9 Å². The lowest BCUT2D eigenvalue weighted by molar-refractivity contribution is -0.160. The largest absolute Gasteiger partial charge is 0.459 e. The lowest BCUT2D eigenvalue weighted by atomic mass is 10.1. The third-order valence-electron chi connectivity index (χ3n) is 6.05. The number of amides is 1. The molecule has 0 spiro atoms. The number of carbonyl (C=O) groups excluding carboxylic acids is 2. The summed E-state index contributed by atoms with van der Waals surface area (Å²) < 4.78 is 4.84. The second-order valence-corrected chi connectivity index (χ2v) is 8.98. The molecule has 0 bridgehead atoms. The van der Waals surface area contributed by atoms with E-state index < -0.39 is 11.9 Å². The molecule has 0 aliphatic carbocycles. The highest BCUT2D eigenvalue weighted by Crippen LogP contribution is 2.13. The molecule has 0 unspecified atom stereocenters. The van der Waals surface area contributed by atoms with Crippen LogP contribution in [0.3, 0.4) is 0 Å². The standard InChI is InChI=1S/C18H20N2O3.C14H16N2/c1-3-23-18(22)17(21)20(13-16-10-6-7-11-19-16)12-15-9-5-4-8-14(15)2;1-12-6-2-3-7-13(12)10-15-11-14-8-4-5-9-16-14/h4-11H,3,12-13H2,1-2H3;2-9,15H,10-11H2,1H3. The van der Waals surface area contributed by atoms with Crippen molar-refractivity contribution < 1.29 is 14.3 Å². The van der Waals surface area contributed by atoms with Crippen molar-refractivity contribution in [2.45, 2.75) is 47.0 Å². The van der Waals surface area contributed by atoms with Gasteiger partial charge in [0.25, 0.3) is 0 Å². The number of rotatable bonds is 9. The van der Waals surface area contributed by atoms with E-state index in [4.69, 9.17) is 4.74 Å². The predicted octanol–water partition coefficient (Wildman–Crippen LogP) is 5.16. The number of aromatic nitrogens is 2. The maximum absolute atomic E-state index is 12.4. The number of nitrogens with one attached hydrogen (secondary N) is 1. The molecule has 4 aromatic rings. The number of benzene rings is 2. The average Bonchev–Trinajstić information content (AvgIpc) is 2.96. The van der Waals surface area contributed by atoms with Crippen LogP contribution in [-0.4, -0.2) is 33.4 Å². The van der Waals surface area contributed by atoms with E-state index in [1.165, 1.54) is 16.0 Å². The summed E-state index contributed by atoms with van der Waals surface area (Å²) in [4.78, 5) is 34.1. The van der Waals surface area contributed by atoms with Crippen molar-refractivity contribution in [1.82, 2.24) is 20.2 Å². The van der Waals surface area contributed by atoms with Crippen molar-refractivity contribution in [3.05, 3.63) is 131 Å². The second kappa shape index (κ2) is 15.8. The van der Waals surface area contributed by atoms with Crippen molar-refractivity contribution in [3.63, 3.8) is 0 Å². The Morgan fingerprint density at radius 2 is 1.28 bits per heavy atom. The Kier molecular flexibility index (Phi) is 11.8. The van der Waals surface area contributed by atoms with E-state index in [-0.39, 0.29) is 13.2 Å². The van der Waals surface area contributed by atoms with Gasteiger partial charge in [-0.15, -0.1) is 0 Å². The van der Waals surface area contributed by atoms with Gasteiger partial charge < -0.3 is 15.0 Å². The molecule has 2 aromatic heterocycles. The number of carbonyl (C=O) groups is 2. The minimum absolute atomic E-state index is 0.173. The number of hydrogen-bond acceptors (Lipinski definition) is 6. The van der Waals surface area contributed by atoms with E-state index >= 15 is 0 Å². The maximum atomic E-state index is 12.4. The highest BCUT2D eigenvalue weighted by molar-refractivity contribution is 6.32. The number of nitrogens with zero attached hydrogens (tertiary/aromatic N) is 3. The zero-order valence-electron chi connectivity index (χ0n) is 22.8. The lowest BCUT2D eigenvalue weighted by Gasteiger charge is -2.22. The van der Waals surface area contributed by atoms with Crippen LogP contribution in [0.25, 0.3) is 0 Å². The first kappa shape index (κ1) is 29.2. The molecule has 2 aromatic carbocycles. The van der Waals surface area contributed by atoms with Crippen LogP contribution in [0.2, 0.25) is 0 Å². The van der Waals surface area contributed by atoms with Crippen molar-refractivity contribution in [1.29, 1.82) is 0 Å². The average molecular weight is 525 g/mol. The quantitative estimate of drug-likeness (QED) is 0.240. The van der Waals surface area contributed by atoms with Crippen LogP contribution in [0.4, 0.5) is 0 Å². The summed E-state index contributed by atoms with van der Waals surface area (Å²) >= 11 is 0. The van der Waals surface area contributed by atoms with Crippen LogP contribution in [0, 0.1) is 13.8 Å². The summed E-state index contributed by atoms with van der Waals surface area (Å²) in [6.07, 6.45) is 3.49. The zero-order chi connectivity index (χ0) is 27.9. The summed E-state index contributed by atoms with van der Waals surface area (Å²) in [6.45, 7) is 8.26. The summed E-state index contributed by atoms with van der Waals surface area (Å²) in [5.74, 6) is -1.49. The fourth-order valence-electron chi connectivity index (χ4n) is 3.84. The van der Waals surface area contributed by atoms with Gasteiger partial charge in [-0.2, -0.15) is 0 Å². The lowest BCUT2D eigenvalue weighted by Crippen LogP contribution is -2.37. The molecule has 1 amide bonds. The Morgan fingerprint density at radius 1 is 0.718 bits per heavy atom. The highest BCUT2D eigenvalue weighted by Gasteiger charge is 2.24. The van der Waals surface area contributed by atoms with Gasteiger partial charge in [-0.25, -0.2) is 4.79 Å². The van der Waals surface area contributed by atoms with Crippen LogP contribution in [0.5, 0.6) is 0 Å². The highest BCUT2D eigenvalue weighted by atomic mass is 16.5. The molecule has 202 valence electrons. The van der Waals surface area contributed by atoms with Gasteiger partial charge in [0.1, 0.15) is 0 Å². The summed E-state index contributed by atoms with van der Waals surface area (Å²) in [5.41, 5.74) is 6.53. The number of aryl methyl sites for hydroxylation is 2. The van der Waals surface area contributed by atoms with Crippen LogP contribution in [-0.2, 0) is 40.5 Å². The Morgan fingerprint density at radius 3 is 1.85 bits per heavy atom. The van der Waals surface area contributed by atoms with E-state index in [9.17, 15) is 9.59 Å². The third kappa shape index (κ3) is 9.79. The van der Waals surface area contributed by atoms with Crippen LogP contribution >= 0.6 is 0 Å². The summed E-state index contributed by atoms with van der Waals surface area (Å²) in [5, 5.41) is 3.40. The second-order valence-electron chi connectivity index (χ2n) is 8.98.